The van der Waals surface area contributed by atoms with Crippen LogP contribution in [0.3, 0.4) is 0 Å². The van der Waals surface area contributed by atoms with Crippen LogP contribution in [0.5, 0.6) is 0 Å². The van der Waals surface area contributed by atoms with E-state index in [2.05, 4.69) is 12.2 Å². The average molecular weight is 346 g/mol. The Balaban J connectivity index is 3.55. The summed E-state index contributed by atoms with van der Waals surface area (Å²) < 4.78 is 0. The number of carbonyl (C=O) groups is 3. The van der Waals surface area contributed by atoms with Gasteiger partial charge < -0.3 is 10.4 Å². The van der Waals surface area contributed by atoms with Crippen LogP contribution in [0.15, 0.2) is 0 Å². The van der Waals surface area contributed by atoms with Gasteiger partial charge >= 0.3 is 5.97 Å². The zero-order valence-corrected chi connectivity index (χ0v) is 15.3. The third kappa shape index (κ3) is 14.3. The van der Waals surface area contributed by atoms with Crippen LogP contribution >= 0.6 is 11.8 Å². The van der Waals surface area contributed by atoms with E-state index in [0.29, 0.717) is 6.42 Å². The van der Waals surface area contributed by atoms with Gasteiger partial charge in [-0.05, 0) is 13.3 Å². The standard InChI is InChI=1S/C17H31NO4S/c1-3-4-5-6-7-8-9-10-11-12-16(21)23-14(2)17(22)18-13-15(19)20/h14H,3-13H2,1-2H3,(H,18,22)(H,19,20). The first kappa shape index (κ1) is 22.0. The summed E-state index contributed by atoms with van der Waals surface area (Å²) in [5.74, 6) is -1.49. The van der Waals surface area contributed by atoms with Crippen molar-refractivity contribution in [1.82, 2.24) is 5.32 Å². The number of thioether (sulfide) groups is 1. The number of amides is 1. The first-order valence-electron chi connectivity index (χ1n) is 8.66. The lowest BCUT2D eigenvalue weighted by molar-refractivity contribution is -0.137. The summed E-state index contributed by atoms with van der Waals surface area (Å²) in [5, 5.41) is 10.2. The Kier molecular flexibility index (Phi) is 13.9. The minimum atomic E-state index is -1.09. The highest BCUT2D eigenvalue weighted by Gasteiger charge is 2.17. The summed E-state index contributed by atoms with van der Waals surface area (Å²) in [6.45, 7) is 3.43. The molecular formula is C17H31NO4S. The van der Waals surface area contributed by atoms with Crippen molar-refractivity contribution in [2.45, 2.75) is 83.3 Å². The van der Waals surface area contributed by atoms with E-state index in [-0.39, 0.29) is 5.12 Å². The smallest absolute Gasteiger partial charge is 0.322 e. The molecule has 2 N–H and O–H groups in total. The van der Waals surface area contributed by atoms with Gasteiger partial charge in [-0.2, -0.15) is 0 Å². The lowest BCUT2D eigenvalue weighted by Gasteiger charge is -2.09. The zero-order valence-electron chi connectivity index (χ0n) is 14.4. The highest BCUT2D eigenvalue weighted by Crippen LogP contribution is 2.17. The average Bonchev–Trinajstić information content (AvgIpc) is 2.50. The molecule has 0 saturated heterocycles. The number of carboxylic acid groups (broad SMARTS) is 1. The fourth-order valence-electron chi connectivity index (χ4n) is 2.20. The number of nitrogens with one attached hydrogen (secondary N) is 1. The Hall–Kier alpha value is -1.04. The Morgan fingerprint density at radius 3 is 2.00 bits per heavy atom. The van der Waals surface area contributed by atoms with Crippen molar-refractivity contribution in [3.8, 4) is 0 Å². The molecule has 0 aromatic heterocycles. The van der Waals surface area contributed by atoms with Crippen molar-refractivity contribution in [2.24, 2.45) is 0 Å². The maximum atomic E-state index is 11.8. The normalized spacial score (nSPS) is 11.9. The molecule has 0 saturated carbocycles. The second-order valence-corrected chi connectivity index (χ2v) is 7.22. The Bertz CT molecular complexity index is 361. The maximum Gasteiger partial charge on any atom is 0.322 e. The van der Waals surface area contributed by atoms with Gasteiger partial charge in [0, 0.05) is 6.42 Å². The molecule has 0 radical (unpaired) electrons. The fraction of sp³-hybridized carbons (Fsp3) is 0.824. The van der Waals surface area contributed by atoms with Crippen LogP contribution in [0.25, 0.3) is 0 Å². The quantitative estimate of drug-likeness (QED) is 0.468. The third-order valence-corrected chi connectivity index (χ3v) is 4.61. The number of rotatable bonds is 14. The van der Waals surface area contributed by atoms with Crippen LogP contribution < -0.4 is 5.32 Å². The zero-order chi connectivity index (χ0) is 17.5. The summed E-state index contributed by atoms with van der Waals surface area (Å²) in [4.78, 5) is 33.7. The van der Waals surface area contributed by atoms with Crippen molar-refractivity contribution in [2.75, 3.05) is 6.54 Å². The summed E-state index contributed by atoms with van der Waals surface area (Å²) in [6.07, 6.45) is 11.3. The minimum absolute atomic E-state index is 0.00548. The van der Waals surface area contributed by atoms with Gasteiger partial charge in [-0.15, -0.1) is 0 Å². The molecule has 5 nitrogen and oxygen atoms in total. The van der Waals surface area contributed by atoms with Gasteiger partial charge in [0.05, 0.1) is 5.25 Å². The van der Waals surface area contributed by atoms with Gasteiger partial charge in [0.25, 0.3) is 0 Å². The van der Waals surface area contributed by atoms with E-state index in [1.165, 1.54) is 44.9 Å². The topological polar surface area (TPSA) is 83.5 Å². The molecule has 0 fully saturated rings. The molecular weight excluding hydrogens is 314 g/mol. The van der Waals surface area contributed by atoms with Gasteiger partial charge in [-0.1, -0.05) is 70.1 Å². The first-order valence-corrected chi connectivity index (χ1v) is 9.54. The number of carboxylic acids is 1. The number of hydrogen-bond acceptors (Lipinski definition) is 4. The summed E-state index contributed by atoms with van der Waals surface area (Å²) in [7, 11) is 0. The van der Waals surface area contributed by atoms with E-state index in [0.717, 1.165) is 24.6 Å². The predicted molar refractivity (Wildman–Crippen MR) is 94.5 cm³/mol. The molecule has 0 bridgehead atoms. The summed E-state index contributed by atoms with van der Waals surface area (Å²) in [5.41, 5.74) is 0. The molecule has 23 heavy (non-hydrogen) atoms. The van der Waals surface area contributed by atoms with E-state index < -0.39 is 23.7 Å². The molecule has 0 aliphatic rings. The molecule has 1 atom stereocenters. The predicted octanol–water partition coefficient (Wildman–Crippen LogP) is 3.76. The van der Waals surface area contributed by atoms with Crippen LogP contribution in [0, 0.1) is 0 Å². The SMILES string of the molecule is CCCCCCCCCCCC(=O)SC(C)C(=O)NCC(=O)O. The third-order valence-electron chi connectivity index (χ3n) is 3.58. The monoisotopic (exact) mass is 345 g/mol. The lowest BCUT2D eigenvalue weighted by atomic mass is 10.1. The van der Waals surface area contributed by atoms with Crippen molar-refractivity contribution in [3.63, 3.8) is 0 Å². The van der Waals surface area contributed by atoms with Crippen LogP contribution in [0.2, 0.25) is 0 Å². The highest BCUT2D eigenvalue weighted by atomic mass is 32.2. The van der Waals surface area contributed by atoms with Crippen molar-refractivity contribution in [3.05, 3.63) is 0 Å². The Labute approximate surface area is 144 Å². The van der Waals surface area contributed by atoms with Crippen molar-refractivity contribution >= 4 is 28.8 Å². The van der Waals surface area contributed by atoms with E-state index in [4.69, 9.17) is 5.11 Å². The molecule has 6 heteroatoms. The lowest BCUT2D eigenvalue weighted by Crippen LogP contribution is -2.35. The fourth-order valence-corrected chi connectivity index (χ4v) is 3.04. The van der Waals surface area contributed by atoms with Crippen LogP contribution in [0.4, 0.5) is 0 Å². The second-order valence-electron chi connectivity index (χ2n) is 5.82. The number of hydrogen-bond donors (Lipinski definition) is 2. The van der Waals surface area contributed by atoms with Crippen molar-refractivity contribution in [1.29, 1.82) is 0 Å². The van der Waals surface area contributed by atoms with Gasteiger partial charge in [0.15, 0.2) is 5.12 Å². The molecule has 0 aromatic rings. The largest absolute Gasteiger partial charge is 0.480 e. The van der Waals surface area contributed by atoms with Crippen LogP contribution in [0.1, 0.15) is 78.1 Å². The first-order chi connectivity index (χ1) is 11.0. The van der Waals surface area contributed by atoms with E-state index in [1.54, 1.807) is 6.92 Å². The van der Waals surface area contributed by atoms with Crippen LogP contribution in [-0.2, 0) is 14.4 Å². The minimum Gasteiger partial charge on any atom is -0.480 e. The molecule has 134 valence electrons. The Morgan fingerprint density at radius 2 is 1.48 bits per heavy atom. The van der Waals surface area contributed by atoms with Crippen molar-refractivity contribution < 1.29 is 19.5 Å². The molecule has 0 rings (SSSR count). The Morgan fingerprint density at radius 1 is 0.957 bits per heavy atom. The number of aliphatic carboxylic acids is 1. The molecule has 0 spiro atoms. The molecule has 1 amide bonds. The van der Waals surface area contributed by atoms with E-state index in [9.17, 15) is 14.4 Å². The molecule has 0 heterocycles. The number of unbranched alkanes of at least 4 members (excludes halogenated alkanes) is 8. The van der Waals surface area contributed by atoms with Gasteiger partial charge in [0.1, 0.15) is 6.54 Å². The second kappa shape index (κ2) is 14.5. The summed E-state index contributed by atoms with van der Waals surface area (Å²) in [6, 6.07) is 0. The number of carbonyl (C=O) groups excluding carboxylic acids is 2. The van der Waals surface area contributed by atoms with Crippen LogP contribution in [-0.4, -0.2) is 33.9 Å². The molecule has 0 aromatic carbocycles. The van der Waals surface area contributed by atoms with E-state index >= 15 is 0 Å². The highest BCUT2D eigenvalue weighted by molar-refractivity contribution is 8.14. The van der Waals surface area contributed by atoms with Gasteiger partial charge in [-0.25, -0.2) is 0 Å². The maximum absolute atomic E-state index is 11.8. The molecule has 0 aliphatic carbocycles. The molecule has 1 unspecified atom stereocenters. The van der Waals surface area contributed by atoms with Gasteiger partial charge in [-0.3, -0.25) is 14.4 Å². The van der Waals surface area contributed by atoms with E-state index in [1.807, 2.05) is 0 Å². The summed E-state index contributed by atoms with van der Waals surface area (Å²) >= 11 is 0.993. The van der Waals surface area contributed by atoms with Gasteiger partial charge in [0.2, 0.25) is 5.91 Å². The molecule has 0 aliphatic heterocycles.